The molecule has 0 saturated carbocycles. The van der Waals surface area contributed by atoms with Crippen LogP contribution in [0.3, 0.4) is 0 Å². The van der Waals surface area contributed by atoms with Gasteiger partial charge in [-0.2, -0.15) is 0 Å². The van der Waals surface area contributed by atoms with Gasteiger partial charge < -0.3 is 9.47 Å². The number of thioether (sulfide) groups is 1. The van der Waals surface area contributed by atoms with Crippen LogP contribution in [0.15, 0.2) is 76.1 Å². The highest BCUT2D eigenvalue weighted by molar-refractivity contribution is 9.10. The third-order valence-corrected chi connectivity index (χ3v) is 6.87. The van der Waals surface area contributed by atoms with Crippen LogP contribution >= 0.6 is 27.7 Å². The first-order chi connectivity index (χ1) is 16.9. The first kappa shape index (κ1) is 24.5. The Morgan fingerprint density at radius 1 is 1.06 bits per heavy atom. The van der Waals surface area contributed by atoms with Crippen molar-refractivity contribution in [2.45, 2.75) is 13.2 Å². The van der Waals surface area contributed by atoms with Crippen LogP contribution in [-0.2, 0) is 17.9 Å². The van der Waals surface area contributed by atoms with Crippen LogP contribution in [0.1, 0.15) is 16.7 Å². The summed E-state index contributed by atoms with van der Waals surface area (Å²) in [5.74, 6) is -0.0547. The molecule has 8 nitrogen and oxygen atoms in total. The zero-order valence-electron chi connectivity index (χ0n) is 18.5. The minimum absolute atomic E-state index is 0.0844. The molecular weight excluding hydrogens is 536 g/mol. The molecule has 1 aliphatic heterocycles. The maximum absolute atomic E-state index is 13.0. The van der Waals surface area contributed by atoms with Crippen LogP contribution < -0.4 is 9.47 Å². The number of imide groups is 1. The number of methoxy groups -OCH3 is 1. The Hall–Kier alpha value is -3.63. The lowest BCUT2D eigenvalue weighted by Crippen LogP contribution is -2.27. The zero-order chi connectivity index (χ0) is 24.9. The Balaban J connectivity index is 1.62. The molecule has 4 rings (SSSR count). The summed E-state index contributed by atoms with van der Waals surface area (Å²) in [6.45, 7) is 0.280. The average Bonchev–Trinajstić information content (AvgIpc) is 3.12. The molecule has 0 unspecified atom stereocenters. The van der Waals surface area contributed by atoms with Crippen LogP contribution in [0.25, 0.3) is 6.08 Å². The van der Waals surface area contributed by atoms with Gasteiger partial charge in [-0.1, -0.05) is 64.5 Å². The summed E-state index contributed by atoms with van der Waals surface area (Å²) in [5.41, 5.74) is 1.51. The summed E-state index contributed by atoms with van der Waals surface area (Å²) in [4.78, 5) is 38.0. The topological polar surface area (TPSA) is 99.0 Å². The molecule has 0 bridgehead atoms. The monoisotopic (exact) mass is 554 g/mol. The highest BCUT2D eigenvalue weighted by Gasteiger charge is 2.36. The third kappa shape index (κ3) is 5.55. The van der Waals surface area contributed by atoms with Gasteiger partial charge in [-0.25, -0.2) is 0 Å². The van der Waals surface area contributed by atoms with E-state index in [-0.39, 0.29) is 40.8 Å². The molecule has 1 fully saturated rings. The smallest absolute Gasteiger partial charge is 0.293 e. The fraction of sp³-hybridized carbons (Fsp3) is 0.120. The second-order valence-corrected chi connectivity index (χ2v) is 9.30. The van der Waals surface area contributed by atoms with Crippen LogP contribution in [0.4, 0.5) is 10.5 Å². The molecule has 3 aromatic carbocycles. The summed E-state index contributed by atoms with van der Waals surface area (Å²) in [6.07, 6.45) is 1.34. The first-order valence-corrected chi connectivity index (χ1v) is 12.0. The summed E-state index contributed by atoms with van der Waals surface area (Å²) in [7, 11) is 1.42. The molecule has 3 aromatic rings. The number of nitro benzene ring substituents is 1. The van der Waals surface area contributed by atoms with Crippen molar-refractivity contribution >= 4 is 50.6 Å². The van der Waals surface area contributed by atoms with Gasteiger partial charge in [-0.3, -0.25) is 24.6 Å². The molecule has 0 aromatic heterocycles. The standard InChI is InChI=1S/C25H19BrN2O6S/c1-33-21-11-18(20(28(31)32)13-22(21)34-15-16-7-3-2-4-8-16)12-23-24(29)27(25(30)35-23)14-17-9-5-6-10-19(17)26/h2-13H,14-15H2,1H3/b23-12-. The number of hydrogen-bond acceptors (Lipinski definition) is 7. The van der Waals surface area contributed by atoms with Crippen LogP contribution in [0.5, 0.6) is 11.5 Å². The van der Waals surface area contributed by atoms with Gasteiger partial charge in [0, 0.05) is 4.47 Å². The second kappa shape index (κ2) is 10.7. The predicted octanol–water partition coefficient (Wildman–Crippen LogP) is 6.18. The van der Waals surface area contributed by atoms with Gasteiger partial charge in [-0.05, 0) is 41.1 Å². The fourth-order valence-electron chi connectivity index (χ4n) is 3.42. The number of nitro groups is 1. The minimum Gasteiger partial charge on any atom is -0.493 e. The Kier molecular flexibility index (Phi) is 7.52. The molecule has 1 aliphatic rings. The van der Waals surface area contributed by atoms with E-state index in [4.69, 9.17) is 9.47 Å². The second-order valence-electron chi connectivity index (χ2n) is 7.45. The number of carbonyl (C=O) groups is 2. The van der Waals surface area contributed by atoms with Gasteiger partial charge in [0.2, 0.25) is 0 Å². The van der Waals surface area contributed by atoms with Gasteiger partial charge in [0.25, 0.3) is 16.8 Å². The molecule has 1 heterocycles. The predicted molar refractivity (Wildman–Crippen MR) is 136 cm³/mol. The van der Waals surface area contributed by atoms with E-state index in [2.05, 4.69) is 15.9 Å². The molecule has 178 valence electrons. The molecule has 10 heteroatoms. The molecule has 0 radical (unpaired) electrons. The average molecular weight is 555 g/mol. The quantitative estimate of drug-likeness (QED) is 0.186. The Bertz CT molecular complexity index is 1330. The van der Waals surface area contributed by atoms with E-state index in [1.165, 1.54) is 25.3 Å². The molecule has 0 spiro atoms. The van der Waals surface area contributed by atoms with Crippen LogP contribution in [0, 0.1) is 10.1 Å². The number of ether oxygens (including phenoxy) is 2. The van der Waals surface area contributed by atoms with E-state index in [1.54, 1.807) is 6.07 Å². The van der Waals surface area contributed by atoms with E-state index in [9.17, 15) is 19.7 Å². The number of rotatable bonds is 8. The fourth-order valence-corrected chi connectivity index (χ4v) is 4.66. The number of carbonyl (C=O) groups excluding carboxylic acids is 2. The summed E-state index contributed by atoms with van der Waals surface area (Å²) in [6, 6.07) is 19.3. The SMILES string of the molecule is COc1cc(/C=C2\SC(=O)N(Cc3ccccc3Br)C2=O)c([N+](=O)[O-])cc1OCc1ccccc1. The molecule has 0 N–H and O–H groups in total. The van der Waals surface area contributed by atoms with Crippen molar-refractivity contribution in [2.24, 2.45) is 0 Å². The number of amides is 2. The lowest BCUT2D eigenvalue weighted by molar-refractivity contribution is -0.385. The van der Waals surface area contributed by atoms with Gasteiger partial charge in [0.15, 0.2) is 11.5 Å². The maximum Gasteiger partial charge on any atom is 0.293 e. The molecule has 0 aliphatic carbocycles. The Morgan fingerprint density at radius 3 is 2.46 bits per heavy atom. The number of nitrogens with zero attached hydrogens (tertiary/aromatic N) is 2. The summed E-state index contributed by atoms with van der Waals surface area (Å²) < 4.78 is 11.9. The molecule has 35 heavy (non-hydrogen) atoms. The van der Waals surface area contributed by atoms with Gasteiger partial charge in [-0.15, -0.1) is 0 Å². The first-order valence-electron chi connectivity index (χ1n) is 10.4. The van der Waals surface area contributed by atoms with Gasteiger partial charge in [0.1, 0.15) is 6.61 Å². The lowest BCUT2D eigenvalue weighted by Gasteiger charge is -2.13. The third-order valence-electron chi connectivity index (χ3n) is 5.19. The molecule has 2 amide bonds. The normalized spacial score (nSPS) is 14.5. The van der Waals surface area contributed by atoms with Gasteiger partial charge >= 0.3 is 0 Å². The number of hydrogen-bond donors (Lipinski definition) is 0. The highest BCUT2D eigenvalue weighted by Crippen LogP contribution is 2.39. The Labute approximate surface area is 213 Å². The van der Waals surface area contributed by atoms with Crippen molar-refractivity contribution in [3.05, 3.63) is 103 Å². The maximum atomic E-state index is 13.0. The molecule has 0 atom stereocenters. The highest BCUT2D eigenvalue weighted by atomic mass is 79.9. The minimum atomic E-state index is -0.564. The van der Waals surface area contributed by atoms with E-state index < -0.39 is 16.1 Å². The van der Waals surface area contributed by atoms with Crippen LogP contribution in [-0.4, -0.2) is 28.1 Å². The van der Waals surface area contributed by atoms with Crippen molar-refractivity contribution < 1.29 is 24.0 Å². The largest absolute Gasteiger partial charge is 0.493 e. The van der Waals surface area contributed by atoms with Crippen molar-refractivity contribution in [1.82, 2.24) is 4.90 Å². The van der Waals surface area contributed by atoms with Crippen molar-refractivity contribution in [3.63, 3.8) is 0 Å². The van der Waals surface area contributed by atoms with E-state index in [1.807, 2.05) is 48.5 Å². The summed E-state index contributed by atoms with van der Waals surface area (Å²) >= 11 is 4.15. The van der Waals surface area contributed by atoms with Crippen molar-refractivity contribution in [3.8, 4) is 11.5 Å². The zero-order valence-corrected chi connectivity index (χ0v) is 20.9. The van der Waals surface area contributed by atoms with Crippen LogP contribution in [0.2, 0.25) is 0 Å². The number of benzene rings is 3. The van der Waals surface area contributed by atoms with E-state index in [0.29, 0.717) is 0 Å². The van der Waals surface area contributed by atoms with Crippen molar-refractivity contribution in [1.29, 1.82) is 0 Å². The van der Waals surface area contributed by atoms with E-state index in [0.717, 1.165) is 32.3 Å². The van der Waals surface area contributed by atoms with Gasteiger partial charge in [0.05, 0.1) is 35.1 Å². The van der Waals surface area contributed by atoms with E-state index >= 15 is 0 Å². The van der Waals surface area contributed by atoms with Crippen molar-refractivity contribution in [2.75, 3.05) is 7.11 Å². The lowest BCUT2D eigenvalue weighted by atomic mass is 10.1. The Morgan fingerprint density at radius 2 is 1.77 bits per heavy atom. The summed E-state index contributed by atoms with van der Waals surface area (Å²) in [5, 5.41) is 11.4. The molecular formula is C25H19BrN2O6S. The molecule has 1 saturated heterocycles. The number of halogens is 1.